The topological polar surface area (TPSA) is 8.17 Å². The predicted molar refractivity (Wildman–Crippen MR) is 216 cm³/mol. The van der Waals surface area contributed by atoms with Crippen LogP contribution in [0.1, 0.15) is 30.5 Å². The van der Waals surface area contributed by atoms with Crippen LogP contribution >= 0.6 is 0 Å². The molecule has 1 aliphatic heterocycles. The van der Waals surface area contributed by atoms with E-state index >= 15 is 0 Å². The molecule has 0 saturated carbocycles. The number of hydrogen-bond donors (Lipinski definition) is 0. The molecule has 5 aromatic carbocycles. The molecule has 0 saturated heterocycles. The van der Waals surface area contributed by atoms with Crippen molar-refractivity contribution in [3.63, 3.8) is 0 Å². The summed E-state index contributed by atoms with van der Waals surface area (Å²) >= 11 is 0. The highest BCUT2D eigenvalue weighted by molar-refractivity contribution is 6.07. The van der Waals surface area contributed by atoms with E-state index < -0.39 is 5.41 Å². The Hall–Kier alpha value is -5.86. The molecule has 2 heterocycles. The van der Waals surface area contributed by atoms with E-state index in [-0.39, 0.29) is 0 Å². The smallest absolute Gasteiger partial charge is 0.0753 e. The molecule has 1 aromatic heterocycles. The number of likely N-dealkylation sites (N-methyl/N-ethyl adjacent to an activating group) is 1. The Morgan fingerprint density at radius 2 is 1.12 bits per heavy atom. The minimum absolute atomic E-state index is 0.410. The average Bonchev–Trinajstić information content (AvgIpc) is 3.61. The van der Waals surface area contributed by atoms with Crippen molar-refractivity contribution < 1.29 is 0 Å². The number of benzene rings is 5. The molecule has 1 aliphatic carbocycles. The van der Waals surface area contributed by atoms with Crippen molar-refractivity contribution in [2.24, 2.45) is 7.05 Å². The Morgan fingerprint density at radius 3 is 1.58 bits per heavy atom. The van der Waals surface area contributed by atoms with E-state index in [1.54, 1.807) is 0 Å². The predicted octanol–water partition coefficient (Wildman–Crippen LogP) is 12.3. The Bertz CT molecular complexity index is 2210. The van der Waals surface area contributed by atoms with Gasteiger partial charge in [-0.25, -0.2) is 0 Å². The highest BCUT2D eigenvalue weighted by Gasteiger charge is 2.52. The maximum atomic E-state index is 4.27. The minimum Gasteiger partial charge on any atom is -0.344 e. The summed E-state index contributed by atoms with van der Waals surface area (Å²) < 4.78 is 2.24. The molecule has 248 valence electrons. The molecule has 0 bridgehead atoms. The zero-order valence-corrected chi connectivity index (χ0v) is 29.9. The highest BCUT2D eigenvalue weighted by Crippen LogP contribution is 2.61. The van der Waals surface area contributed by atoms with E-state index in [1.165, 1.54) is 72.2 Å². The number of aryl methyl sites for hydroxylation is 2. The van der Waals surface area contributed by atoms with E-state index in [0.29, 0.717) is 0 Å². The van der Waals surface area contributed by atoms with Gasteiger partial charge in [-0.3, -0.25) is 0 Å². The Morgan fingerprint density at radius 1 is 0.620 bits per heavy atom. The SMILES string of the molecule is C=C/C=C1\C(=C/C)N(C)C(/C=C\C)=C(C=C)C12c1ccccc1-c1ccccc12.Cc1ccccc1.Cn1c2ccccc2c2ccccc21. The first-order chi connectivity index (χ1) is 24.4. The first-order valence-corrected chi connectivity index (χ1v) is 17.3. The monoisotopic (exact) mass is 650 g/mol. The molecular formula is C48H46N2. The summed E-state index contributed by atoms with van der Waals surface area (Å²) in [6.45, 7) is 14.6. The summed E-state index contributed by atoms with van der Waals surface area (Å²) in [4.78, 5) is 2.27. The van der Waals surface area contributed by atoms with Gasteiger partial charge in [0.1, 0.15) is 0 Å². The van der Waals surface area contributed by atoms with Crippen molar-refractivity contribution in [3.05, 3.63) is 216 Å². The van der Waals surface area contributed by atoms with Gasteiger partial charge in [0, 0.05) is 47.3 Å². The Balaban J connectivity index is 0.000000167. The number of rotatable bonds is 3. The zero-order chi connectivity index (χ0) is 35.3. The third kappa shape index (κ3) is 5.67. The number of aromatic nitrogens is 1. The van der Waals surface area contributed by atoms with Crippen LogP contribution in [0, 0.1) is 6.92 Å². The molecule has 2 heteroatoms. The lowest BCUT2D eigenvalue weighted by Crippen LogP contribution is -2.40. The summed E-state index contributed by atoms with van der Waals surface area (Å²) in [6.07, 6.45) is 12.6. The maximum absolute atomic E-state index is 4.27. The van der Waals surface area contributed by atoms with Gasteiger partial charge in [-0.15, -0.1) is 0 Å². The van der Waals surface area contributed by atoms with Crippen molar-refractivity contribution in [1.82, 2.24) is 9.47 Å². The normalized spacial score (nSPS) is 15.9. The van der Waals surface area contributed by atoms with Crippen LogP contribution in [0.5, 0.6) is 0 Å². The van der Waals surface area contributed by atoms with Gasteiger partial charge in [0.25, 0.3) is 0 Å². The fourth-order valence-electron chi connectivity index (χ4n) is 7.78. The lowest BCUT2D eigenvalue weighted by molar-refractivity contribution is 0.481. The van der Waals surface area contributed by atoms with E-state index in [9.17, 15) is 0 Å². The maximum Gasteiger partial charge on any atom is 0.0753 e. The first kappa shape index (κ1) is 34.0. The quantitative estimate of drug-likeness (QED) is 0.185. The second-order valence-corrected chi connectivity index (χ2v) is 12.6. The molecule has 0 amide bonds. The standard InChI is InChI=1S/C28H27N.C13H11N.C7H8/c1-6-14-25-26(9-4)29(5)27(15-7-2)22(8-3)28(25)23-18-12-10-16-20(23)21-17-11-13-19-24(21)28;1-14-12-8-4-2-6-10(12)11-7-3-5-9-13(11)14;1-7-5-3-2-4-6-7/h6-19H,1,3H2,2,4-5H3;2-9H,1H3;2-6H,1H3/b15-7-,25-14+,26-9+;;. The number of fused-ring (bicyclic) bond motifs is 8. The van der Waals surface area contributed by atoms with Crippen LogP contribution in [0.2, 0.25) is 0 Å². The summed E-state index contributed by atoms with van der Waals surface area (Å²) in [5.74, 6) is 0. The van der Waals surface area contributed by atoms with Gasteiger partial charge in [-0.1, -0.05) is 164 Å². The number of hydrogen-bond acceptors (Lipinski definition) is 1. The van der Waals surface area contributed by atoms with Crippen molar-refractivity contribution in [2.45, 2.75) is 26.2 Å². The second-order valence-electron chi connectivity index (χ2n) is 12.6. The fourth-order valence-corrected chi connectivity index (χ4v) is 7.78. The number of para-hydroxylation sites is 2. The summed E-state index contributed by atoms with van der Waals surface area (Å²) in [5, 5.41) is 2.68. The van der Waals surface area contributed by atoms with Gasteiger partial charge in [0.2, 0.25) is 0 Å². The van der Waals surface area contributed by atoms with Crippen LogP contribution < -0.4 is 0 Å². The molecule has 2 nitrogen and oxygen atoms in total. The van der Waals surface area contributed by atoms with Crippen molar-refractivity contribution in [1.29, 1.82) is 0 Å². The van der Waals surface area contributed by atoms with E-state index in [1.807, 2.05) is 30.4 Å². The first-order valence-electron chi connectivity index (χ1n) is 17.3. The van der Waals surface area contributed by atoms with E-state index in [2.05, 4.69) is 191 Å². The summed E-state index contributed by atoms with van der Waals surface area (Å²) in [7, 11) is 4.25. The molecule has 6 aromatic rings. The zero-order valence-electron chi connectivity index (χ0n) is 29.9. The highest BCUT2D eigenvalue weighted by atomic mass is 15.1. The van der Waals surface area contributed by atoms with Crippen molar-refractivity contribution in [3.8, 4) is 11.1 Å². The van der Waals surface area contributed by atoms with Crippen LogP contribution in [-0.4, -0.2) is 16.5 Å². The van der Waals surface area contributed by atoms with Crippen LogP contribution in [0.3, 0.4) is 0 Å². The molecule has 0 N–H and O–H groups in total. The third-order valence-electron chi connectivity index (χ3n) is 9.88. The Kier molecular flexibility index (Phi) is 10.0. The molecule has 0 unspecified atom stereocenters. The molecule has 0 fully saturated rings. The third-order valence-corrected chi connectivity index (χ3v) is 9.88. The summed E-state index contributed by atoms with van der Waals surface area (Å²) in [6, 6.07) is 44.8. The molecule has 1 spiro atoms. The minimum atomic E-state index is -0.410. The van der Waals surface area contributed by atoms with Crippen LogP contribution in [0.4, 0.5) is 0 Å². The van der Waals surface area contributed by atoms with Gasteiger partial charge < -0.3 is 9.47 Å². The molecule has 8 rings (SSSR count). The van der Waals surface area contributed by atoms with E-state index in [0.717, 1.165) is 0 Å². The Labute approximate surface area is 298 Å². The van der Waals surface area contributed by atoms with Gasteiger partial charge in [-0.2, -0.15) is 0 Å². The van der Waals surface area contributed by atoms with Gasteiger partial charge in [0.05, 0.1) is 5.41 Å². The number of allylic oxidation sites excluding steroid dienone is 8. The van der Waals surface area contributed by atoms with Gasteiger partial charge in [-0.05, 0) is 72.4 Å². The largest absolute Gasteiger partial charge is 0.344 e. The second kappa shape index (κ2) is 14.7. The van der Waals surface area contributed by atoms with Crippen molar-refractivity contribution in [2.75, 3.05) is 7.05 Å². The van der Waals surface area contributed by atoms with Crippen LogP contribution in [0.15, 0.2) is 200 Å². The van der Waals surface area contributed by atoms with E-state index in [4.69, 9.17) is 0 Å². The summed E-state index contributed by atoms with van der Waals surface area (Å²) in [5.41, 5.74) is 13.5. The lowest BCUT2D eigenvalue weighted by Gasteiger charge is -2.46. The molecule has 0 atom stereocenters. The molecule has 0 radical (unpaired) electrons. The van der Waals surface area contributed by atoms with Gasteiger partial charge in [0.15, 0.2) is 0 Å². The fraction of sp³-hybridized carbons (Fsp3) is 0.125. The van der Waals surface area contributed by atoms with Crippen LogP contribution in [0.25, 0.3) is 32.9 Å². The molecule has 50 heavy (non-hydrogen) atoms. The average molecular weight is 651 g/mol. The molecule has 2 aliphatic rings. The lowest BCUT2D eigenvalue weighted by atomic mass is 9.63. The number of nitrogens with zero attached hydrogens (tertiary/aromatic N) is 2. The van der Waals surface area contributed by atoms with Crippen molar-refractivity contribution >= 4 is 21.8 Å². The van der Waals surface area contributed by atoms with Crippen LogP contribution in [-0.2, 0) is 12.5 Å². The molecular weight excluding hydrogens is 605 g/mol. The van der Waals surface area contributed by atoms with Gasteiger partial charge >= 0.3 is 0 Å².